The summed E-state index contributed by atoms with van der Waals surface area (Å²) in [5.74, 6) is 0.633. The summed E-state index contributed by atoms with van der Waals surface area (Å²) < 4.78 is 13.2. The summed E-state index contributed by atoms with van der Waals surface area (Å²) in [4.78, 5) is 4.29. The summed E-state index contributed by atoms with van der Waals surface area (Å²) in [5.41, 5.74) is 2.58. The number of hydrogen-bond donors (Lipinski definition) is 2. The van der Waals surface area contributed by atoms with Gasteiger partial charge in [-0.15, -0.1) is 0 Å². The van der Waals surface area contributed by atoms with Crippen LogP contribution in [0.25, 0.3) is 0 Å². The van der Waals surface area contributed by atoms with Crippen molar-refractivity contribution < 1.29 is 4.39 Å². The zero-order valence-corrected chi connectivity index (χ0v) is 14.1. The van der Waals surface area contributed by atoms with E-state index in [0.29, 0.717) is 0 Å². The van der Waals surface area contributed by atoms with Gasteiger partial charge in [0.05, 0.1) is 0 Å². The van der Waals surface area contributed by atoms with Crippen LogP contribution in [0.3, 0.4) is 0 Å². The fourth-order valence-corrected chi connectivity index (χ4v) is 3.70. The van der Waals surface area contributed by atoms with E-state index >= 15 is 0 Å². The van der Waals surface area contributed by atoms with Crippen molar-refractivity contribution >= 4 is 17.3 Å². The lowest BCUT2D eigenvalue weighted by Gasteiger charge is -2.43. The first-order chi connectivity index (χ1) is 11.2. The van der Waals surface area contributed by atoms with Gasteiger partial charge in [-0.3, -0.25) is 4.99 Å². The van der Waals surface area contributed by atoms with Crippen LogP contribution in [0, 0.1) is 5.82 Å². The standard InChI is InChI=1S/C18H22FN3S/c1-20-17(21-11-14-7-10-23-12-14)22-13-18(8-2-9-18)15-3-5-16(19)6-4-15/h3-7,10,12H,2,8-9,11,13H2,1H3,(H2,20,21,22). The van der Waals surface area contributed by atoms with Crippen molar-refractivity contribution in [2.24, 2.45) is 4.99 Å². The molecule has 5 heteroatoms. The number of hydrogen-bond acceptors (Lipinski definition) is 2. The van der Waals surface area contributed by atoms with E-state index in [0.717, 1.165) is 31.9 Å². The Hall–Kier alpha value is -1.88. The average Bonchev–Trinajstić information content (AvgIpc) is 3.04. The second-order valence-electron chi connectivity index (χ2n) is 6.05. The molecule has 1 aromatic heterocycles. The molecule has 3 nitrogen and oxygen atoms in total. The van der Waals surface area contributed by atoms with Crippen molar-refractivity contribution in [1.82, 2.24) is 10.6 Å². The molecule has 0 amide bonds. The molecule has 0 radical (unpaired) electrons. The zero-order chi connectivity index (χ0) is 16.1. The van der Waals surface area contributed by atoms with Gasteiger partial charge in [-0.2, -0.15) is 11.3 Å². The predicted molar refractivity (Wildman–Crippen MR) is 94.4 cm³/mol. The Kier molecular flexibility index (Phi) is 4.96. The van der Waals surface area contributed by atoms with Crippen molar-refractivity contribution in [2.75, 3.05) is 13.6 Å². The molecule has 2 aromatic rings. The third-order valence-electron chi connectivity index (χ3n) is 4.63. The van der Waals surface area contributed by atoms with Crippen LogP contribution in [-0.4, -0.2) is 19.6 Å². The van der Waals surface area contributed by atoms with Crippen molar-refractivity contribution in [3.63, 3.8) is 0 Å². The first-order valence-electron chi connectivity index (χ1n) is 7.93. The Morgan fingerprint density at radius 2 is 2.00 bits per heavy atom. The summed E-state index contributed by atoms with van der Waals surface area (Å²) in [6, 6.07) is 9.05. The fourth-order valence-electron chi connectivity index (χ4n) is 3.03. The Balaban J connectivity index is 1.59. The number of nitrogens with one attached hydrogen (secondary N) is 2. The quantitative estimate of drug-likeness (QED) is 0.648. The van der Waals surface area contributed by atoms with Crippen LogP contribution in [0.15, 0.2) is 46.1 Å². The number of benzene rings is 1. The molecule has 1 aliphatic rings. The lowest BCUT2D eigenvalue weighted by atomic mass is 9.64. The summed E-state index contributed by atoms with van der Waals surface area (Å²) in [5, 5.41) is 11.0. The first kappa shape index (κ1) is 16.0. The Bertz CT molecular complexity index is 645. The molecule has 1 aromatic carbocycles. The Morgan fingerprint density at radius 1 is 1.22 bits per heavy atom. The maximum Gasteiger partial charge on any atom is 0.191 e. The van der Waals surface area contributed by atoms with E-state index in [2.05, 4.69) is 32.5 Å². The van der Waals surface area contributed by atoms with Gasteiger partial charge in [-0.25, -0.2) is 4.39 Å². The monoisotopic (exact) mass is 331 g/mol. The third kappa shape index (κ3) is 3.72. The van der Waals surface area contributed by atoms with Gasteiger partial charge in [0.2, 0.25) is 0 Å². The SMILES string of the molecule is CN=C(NCc1ccsc1)NCC1(c2ccc(F)cc2)CCC1. The van der Waals surface area contributed by atoms with Gasteiger partial charge in [0.15, 0.2) is 5.96 Å². The normalized spacial score (nSPS) is 16.7. The van der Waals surface area contributed by atoms with E-state index < -0.39 is 0 Å². The molecule has 1 aliphatic carbocycles. The molecule has 3 rings (SSSR count). The minimum absolute atomic E-state index is 0.105. The molecule has 0 atom stereocenters. The van der Waals surface area contributed by atoms with E-state index in [1.165, 1.54) is 17.5 Å². The van der Waals surface area contributed by atoms with Crippen LogP contribution in [0.5, 0.6) is 0 Å². The molecule has 0 aliphatic heterocycles. The number of nitrogens with zero attached hydrogens (tertiary/aromatic N) is 1. The molecule has 0 saturated heterocycles. The first-order valence-corrected chi connectivity index (χ1v) is 8.88. The number of halogens is 1. The van der Waals surface area contributed by atoms with E-state index in [-0.39, 0.29) is 11.2 Å². The minimum Gasteiger partial charge on any atom is -0.356 e. The van der Waals surface area contributed by atoms with Crippen LogP contribution < -0.4 is 10.6 Å². The van der Waals surface area contributed by atoms with Crippen molar-refractivity contribution in [2.45, 2.75) is 31.2 Å². The Morgan fingerprint density at radius 3 is 2.57 bits per heavy atom. The molecule has 1 fully saturated rings. The van der Waals surface area contributed by atoms with Gasteiger partial charge in [-0.05, 0) is 52.9 Å². The highest BCUT2D eigenvalue weighted by atomic mass is 32.1. The molecule has 2 N–H and O–H groups in total. The molecule has 1 heterocycles. The van der Waals surface area contributed by atoms with Crippen LogP contribution >= 0.6 is 11.3 Å². The highest BCUT2D eigenvalue weighted by Gasteiger charge is 2.38. The molecule has 122 valence electrons. The molecular weight excluding hydrogens is 309 g/mol. The van der Waals surface area contributed by atoms with Crippen LogP contribution in [-0.2, 0) is 12.0 Å². The lowest BCUT2D eigenvalue weighted by molar-refractivity contribution is 0.243. The summed E-state index contributed by atoms with van der Waals surface area (Å²) in [7, 11) is 1.79. The van der Waals surface area contributed by atoms with Gasteiger partial charge in [0, 0.05) is 25.6 Å². The highest BCUT2D eigenvalue weighted by Crippen LogP contribution is 2.43. The molecular formula is C18H22FN3S. The van der Waals surface area contributed by atoms with Crippen molar-refractivity contribution in [3.05, 3.63) is 58.0 Å². The van der Waals surface area contributed by atoms with Gasteiger partial charge in [0.25, 0.3) is 0 Å². The van der Waals surface area contributed by atoms with Gasteiger partial charge < -0.3 is 10.6 Å². The van der Waals surface area contributed by atoms with Gasteiger partial charge >= 0.3 is 0 Å². The second kappa shape index (κ2) is 7.13. The average molecular weight is 331 g/mol. The largest absolute Gasteiger partial charge is 0.356 e. The Labute approximate surface area is 140 Å². The maximum absolute atomic E-state index is 13.2. The highest BCUT2D eigenvalue weighted by molar-refractivity contribution is 7.07. The minimum atomic E-state index is -0.176. The number of rotatable bonds is 5. The fraction of sp³-hybridized carbons (Fsp3) is 0.389. The van der Waals surface area contributed by atoms with Crippen molar-refractivity contribution in [1.29, 1.82) is 0 Å². The summed E-state index contributed by atoms with van der Waals surface area (Å²) in [6.45, 7) is 1.59. The number of thiophene rings is 1. The maximum atomic E-state index is 13.2. The zero-order valence-electron chi connectivity index (χ0n) is 13.3. The summed E-state index contributed by atoms with van der Waals surface area (Å²) in [6.07, 6.45) is 3.49. The topological polar surface area (TPSA) is 36.4 Å². The molecule has 23 heavy (non-hydrogen) atoms. The van der Waals surface area contributed by atoms with E-state index in [4.69, 9.17) is 0 Å². The number of aliphatic imine (C=N–C) groups is 1. The van der Waals surface area contributed by atoms with Gasteiger partial charge in [0.1, 0.15) is 5.82 Å². The van der Waals surface area contributed by atoms with Crippen molar-refractivity contribution in [3.8, 4) is 0 Å². The van der Waals surface area contributed by atoms with Crippen LogP contribution in [0.4, 0.5) is 4.39 Å². The van der Waals surface area contributed by atoms with E-state index in [1.807, 2.05) is 12.1 Å². The predicted octanol–water partition coefficient (Wildman–Crippen LogP) is 3.67. The van der Waals surface area contributed by atoms with E-state index in [9.17, 15) is 4.39 Å². The summed E-state index contributed by atoms with van der Waals surface area (Å²) >= 11 is 1.70. The van der Waals surface area contributed by atoms with Crippen LogP contribution in [0.1, 0.15) is 30.4 Å². The molecule has 1 saturated carbocycles. The molecule has 0 spiro atoms. The second-order valence-corrected chi connectivity index (χ2v) is 6.83. The lowest BCUT2D eigenvalue weighted by Crippen LogP contribution is -2.48. The number of guanidine groups is 1. The third-order valence-corrected chi connectivity index (χ3v) is 5.36. The van der Waals surface area contributed by atoms with Crippen LogP contribution in [0.2, 0.25) is 0 Å². The molecule has 0 bridgehead atoms. The molecule has 0 unspecified atom stereocenters. The smallest absolute Gasteiger partial charge is 0.191 e. The van der Waals surface area contributed by atoms with Gasteiger partial charge in [-0.1, -0.05) is 18.6 Å². The van der Waals surface area contributed by atoms with E-state index in [1.54, 1.807) is 30.5 Å².